The molecule has 2 aromatic rings. The molecule has 2 N–H and O–H groups in total. The monoisotopic (exact) mass is 351 g/mol. The minimum absolute atomic E-state index is 0.0251. The fourth-order valence-corrected chi connectivity index (χ4v) is 3.13. The molecule has 1 aliphatic heterocycles. The standard InChI is InChI=1S/C21H25N3O2/c1-3-20(25)23-18-9-8-15(2)19(12-18)22-13-21(26)24-11-10-16-6-4-5-7-17(16)14-24/h4-9,12,22H,3,10-11,13-14H2,1-2H3,(H,23,25). The molecule has 0 aliphatic carbocycles. The number of rotatable bonds is 5. The summed E-state index contributed by atoms with van der Waals surface area (Å²) in [7, 11) is 0. The second-order valence-corrected chi connectivity index (χ2v) is 6.62. The van der Waals surface area contributed by atoms with Crippen LogP contribution in [0.4, 0.5) is 11.4 Å². The third-order valence-electron chi connectivity index (χ3n) is 4.76. The maximum absolute atomic E-state index is 12.6. The van der Waals surface area contributed by atoms with Crippen LogP contribution in [0.25, 0.3) is 0 Å². The van der Waals surface area contributed by atoms with Crippen LogP contribution in [0.2, 0.25) is 0 Å². The Balaban J connectivity index is 1.61. The summed E-state index contributed by atoms with van der Waals surface area (Å²) in [4.78, 5) is 26.0. The average molecular weight is 351 g/mol. The molecule has 0 unspecified atom stereocenters. The van der Waals surface area contributed by atoms with Gasteiger partial charge in [0.25, 0.3) is 0 Å². The number of carbonyl (C=O) groups is 2. The molecule has 5 nitrogen and oxygen atoms in total. The van der Waals surface area contributed by atoms with Crippen molar-refractivity contribution < 1.29 is 9.59 Å². The Kier molecular flexibility index (Phi) is 5.56. The van der Waals surface area contributed by atoms with Crippen molar-refractivity contribution in [3.8, 4) is 0 Å². The van der Waals surface area contributed by atoms with E-state index < -0.39 is 0 Å². The molecule has 5 heteroatoms. The van der Waals surface area contributed by atoms with Crippen LogP contribution in [0, 0.1) is 6.92 Å². The number of hydrogen-bond donors (Lipinski definition) is 2. The second-order valence-electron chi connectivity index (χ2n) is 6.62. The highest BCUT2D eigenvalue weighted by atomic mass is 16.2. The van der Waals surface area contributed by atoms with E-state index in [1.165, 1.54) is 11.1 Å². The Morgan fingerprint density at radius 3 is 2.65 bits per heavy atom. The van der Waals surface area contributed by atoms with Gasteiger partial charge in [-0.25, -0.2) is 0 Å². The van der Waals surface area contributed by atoms with Crippen molar-refractivity contribution in [3.63, 3.8) is 0 Å². The largest absolute Gasteiger partial charge is 0.376 e. The van der Waals surface area contributed by atoms with Crippen LogP contribution >= 0.6 is 0 Å². The lowest BCUT2D eigenvalue weighted by Crippen LogP contribution is -2.39. The Bertz CT molecular complexity index is 817. The Morgan fingerprint density at radius 2 is 1.88 bits per heavy atom. The first-order valence-corrected chi connectivity index (χ1v) is 9.05. The zero-order chi connectivity index (χ0) is 18.5. The fraction of sp³-hybridized carbons (Fsp3) is 0.333. The highest BCUT2D eigenvalue weighted by Gasteiger charge is 2.20. The topological polar surface area (TPSA) is 61.4 Å². The molecule has 0 radical (unpaired) electrons. The predicted octanol–water partition coefficient (Wildman–Crippen LogP) is 3.34. The maximum Gasteiger partial charge on any atom is 0.242 e. The predicted molar refractivity (Wildman–Crippen MR) is 104 cm³/mol. The third-order valence-corrected chi connectivity index (χ3v) is 4.76. The molecule has 0 saturated heterocycles. The number of benzene rings is 2. The van der Waals surface area contributed by atoms with Crippen molar-refractivity contribution >= 4 is 23.2 Å². The summed E-state index contributed by atoms with van der Waals surface area (Å²) in [6, 6.07) is 14.0. The van der Waals surface area contributed by atoms with E-state index in [9.17, 15) is 9.59 Å². The molecular formula is C21H25N3O2. The van der Waals surface area contributed by atoms with E-state index in [1.54, 1.807) is 0 Å². The number of aryl methyl sites for hydroxylation is 1. The SMILES string of the molecule is CCC(=O)Nc1ccc(C)c(NCC(=O)N2CCc3ccccc3C2)c1. The number of carbonyl (C=O) groups excluding carboxylic acids is 2. The van der Waals surface area contributed by atoms with Crippen LogP contribution in [0.5, 0.6) is 0 Å². The summed E-state index contributed by atoms with van der Waals surface area (Å²) in [5.74, 6) is 0.0600. The van der Waals surface area contributed by atoms with E-state index >= 15 is 0 Å². The van der Waals surface area contributed by atoms with Crippen LogP contribution < -0.4 is 10.6 Å². The highest BCUT2D eigenvalue weighted by Crippen LogP contribution is 2.21. The number of nitrogens with one attached hydrogen (secondary N) is 2. The van der Waals surface area contributed by atoms with Gasteiger partial charge in [0, 0.05) is 30.9 Å². The van der Waals surface area contributed by atoms with Gasteiger partial charge in [-0.2, -0.15) is 0 Å². The summed E-state index contributed by atoms with van der Waals surface area (Å²) in [5, 5.41) is 6.07. The molecule has 0 atom stereocenters. The van der Waals surface area contributed by atoms with Gasteiger partial charge in [0.1, 0.15) is 0 Å². The van der Waals surface area contributed by atoms with Gasteiger partial charge >= 0.3 is 0 Å². The van der Waals surface area contributed by atoms with E-state index in [0.717, 1.165) is 29.9 Å². The lowest BCUT2D eigenvalue weighted by atomic mass is 10.00. The van der Waals surface area contributed by atoms with E-state index in [-0.39, 0.29) is 18.4 Å². The van der Waals surface area contributed by atoms with Gasteiger partial charge in [0.15, 0.2) is 0 Å². The summed E-state index contributed by atoms with van der Waals surface area (Å²) in [5.41, 5.74) is 5.21. The van der Waals surface area contributed by atoms with Crippen molar-refractivity contribution in [2.75, 3.05) is 23.7 Å². The molecule has 1 aliphatic rings. The number of fused-ring (bicyclic) bond motifs is 1. The lowest BCUT2D eigenvalue weighted by Gasteiger charge is -2.29. The first-order chi connectivity index (χ1) is 12.6. The minimum atomic E-state index is -0.0251. The van der Waals surface area contributed by atoms with Crippen molar-refractivity contribution in [3.05, 3.63) is 59.2 Å². The van der Waals surface area contributed by atoms with Crippen molar-refractivity contribution in [1.82, 2.24) is 4.90 Å². The van der Waals surface area contributed by atoms with Gasteiger partial charge in [-0.3, -0.25) is 9.59 Å². The van der Waals surface area contributed by atoms with Crippen molar-refractivity contribution in [2.24, 2.45) is 0 Å². The third kappa shape index (κ3) is 4.23. The molecule has 2 amide bonds. The lowest BCUT2D eigenvalue weighted by molar-refractivity contribution is -0.130. The molecule has 0 saturated carbocycles. The van der Waals surface area contributed by atoms with Gasteiger partial charge in [0.2, 0.25) is 11.8 Å². The maximum atomic E-state index is 12.6. The average Bonchev–Trinajstić information content (AvgIpc) is 2.67. The molecule has 0 bridgehead atoms. The van der Waals surface area contributed by atoms with Crippen LogP contribution in [0.3, 0.4) is 0 Å². The molecule has 26 heavy (non-hydrogen) atoms. The molecule has 3 rings (SSSR count). The molecule has 2 aromatic carbocycles. The minimum Gasteiger partial charge on any atom is -0.376 e. The number of hydrogen-bond acceptors (Lipinski definition) is 3. The summed E-state index contributed by atoms with van der Waals surface area (Å²) in [6.45, 7) is 5.47. The number of nitrogens with zero attached hydrogens (tertiary/aromatic N) is 1. The van der Waals surface area contributed by atoms with E-state index in [4.69, 9.17) is 0 Å². The fourth-order valence-electron chi connectivity index (χ4n) is 3.13. The molecule has 136 valence electrons. The first kappa shape index (κ1) is 18.0. The quantitative estimate of drug-likeness (QED) is 0.868. The van der Waals surface area contributed by atoms with E-state index in [0.29, 0.717) is 13.0 Å². The van der Waals surface area contributed by atoms with E-state index in [1.807, 2.05) is 49.1 Å². The van der Waals surface area contributed by atoms with Gasteiger partial charge in [-0.15, -0.1) is 0 Å². The molecule has 0 fully saturated rings. The Labute approximate surface area is 154 Å². The second kappa shape index (κ2) is 8.04. The van der Waals surface area contributed by atoms with Crippen LogP contribution in [0.1, 0.15) is 30.0 Å². The zero-order valence-electron chi connectivity index (χ0n) is 15.3. The normalized spacial score (nSPS) is 13.1. The Morgan fingerprint density at radius 1 is 1.12 bits per heavy atom. The molecule has 0 aromatic heterocycles. The van der Waals surface area contributed by atoms with Gasteiger partial charge in [-0.1, -0.05) is 37.3 Å². The van der Waals surface area contributed by atoms with Crippen molar-refractivity contribution in [1.29, 1.82) is 0 Å². The van der Waals surface area contributed by atoms with Gasteiger partial charge in [-0.05, 0) is 42.2 Å². The highest BCUT2D eigenvalue weighted by molar-refractivity contribution is 5.91. The molecular weight excluding hydrogens is 326 g/mol. The number of anilines is 2. The smallest absolute Gasteiger partial charge is 0.242 e. The molecule has 1 heterocycles. The van der Waals surface area contributed by atoms with Crippen molar-refractivity contribution in [2.45, 2.75) is 33.2 Å². The zero-order valence-corrected chi connectivity index (χ0v) is 15.3. The van der Waals surface area contributed by atoms with E-state index in [2.05, 4.69) is 22.8 Å². The van der Waals surface area contributed by atoms with Gasteiger partial charge < -0.3 is 15.5 Å². The first-order valence-electron chi connectivity index (χ1n) is 9.05. The summed E-state index contributed by atoms with van der Waals surface area (Å²) in [6.07, 6.45) is 1.34. The summed E-state index contributed by atoms with van der Waals surface area (Å²) < 4.78 is 0. The van der Waals surface area contributed by atoms with Crippen LogP contribution in [0.15, 0.2) is 42.5 Å². The van der Waals surface area contributed by atoms with Gasteiger partial charge in [0.05, 0.1) is 6.54 Å². The van der Waals surface area contributed by atoms with Crippen LogP contribution in [-0.2, 0) is 22.6 Å². The van der Waals surface area contributed by atoms with Crippen LogP contribution in [-0.4, -0.2) is 29.8 Å². The summed E-state index contributed by atoms with van der Waals surface area (Å²) >= 11 is 0. The molecule has 0 spiro atoms. The number of amides is 2. The Hall–Kier alpha value is -2.82.